The first-order valence-corrected chi connectivity index (χ1v) is 10.2. The Bertz CT molecular complexity index is 1090. The van der Waals surface area contributed by atoms with Gasteiger partial charge in [-0.2, -0.15) is 0 Å². The van der Waals surface area contributed by atoms with Gasteiger partial charge in [-0.05, 0) is 36.4 Å². The minimum Gasteiger partial charge on any atom is -0.488 e. The molecule has 2 N–H and O–H groups in total. The molecule has 0 atom stereocenters. The third-order valence-electron chi connectivity index (χ3n) is 4.42. The highest BCUT2D eigenvalue weighted by molar-refractivity contribution is 8.00. The van der Waals surface area contributed by atoms with E-state index in [2.05, 4.69) is 10.6 Å². The lowest BCUT2D eigenvalue weighted by Gasteiger charge is -2.17. The minimum atomic E-state index is -0.165. The quantitative estimate of drug-likeness (QED) is 0.666. The zero-order valence-corrected chi connectivity index (χ0v) is 15.7. The Labute approximate surface area is 163 Å². The molecule has 0 aliphatic carbocycles. The summed E-state index contributed by atoms with van der Waals surface area (Å²) in [4.78, 5) is 27.0. The van der Waals surface area contributed by atoms with E-state index in [-0.39, 0.29) is 11.8 Å². The lowest BCUT2D eigenvalue weighted by atomic mass is 10.1. The van der Waals surface area contributed by atoms with Crippen LogP contribution in [0, 0.1) is 0 Å². The summed E-state index contributed by atoms with van der Waals surface area (Å²) in [5, 5.41) is 5.77. The number of ether oxygens (including phenoxy) is 1. The molecule has 0 saturated heterocycles. The molecule has 2 aliphatic rings. The Morgan fingerprint density at radius 3 is 2.96 bits per heavy atom. The second-order valence-electron chi connectivity index (χ2n) is 6.25. The second-order valence-corrected chi connectivity index (χ2v) is 8.32. The largest absolute Gasteiger partial charge is 0.488 e. The van der Waals surface area contributed by atoms with Gasteiger partial charge in [-0.15, -0.1) is 23.1 Å². The van der Waals surface area contributed by atoms with Gasteiger partial charge in [-0.3, -0.25) is 9.59 Å². The standard InChI is InChI=1S/C20H14N2O3S2/c23-18-10-26-16-6-5-12(8-14(16)22-18)21-20(24)17-7-11-9-25-15-4-2-1-3-13(15)19(11)27-17/h1-8H,9-10H2,(H,21,24)(H,22,23). The van der Waals surface area contributed by atoms with E-state index in [0.717, 1.165) is 32.3 Å². The molecule has 134 valence electrons. The van der Waals surface area contributed by atoms with Crippen molar-refractivity contribution >= 4 is 46.3 Å². The topological polar surface area (TPSA) is 67.4 Å². The average molecular weight is 394 g/mol. The monoisotopic (exact) mass is 394 g/mol. The lowest BCUT2D eigenvalue weighted by Crippen LogP contribution is -2.19. The molecule has 1 aromatic heterocycles. The SMILES string of the molecule is O=C1CSc2ccc(NC(=O)c3cc4c(s3)-c3ccccc3OC4)cc2N1. The highest BCUT2D eigenvalue weighted by Crippen LogP contribution is 2.42. The molecule has 0 bridgehead atoms. The molecule has 0 spiro atoms. The summed E-state index contributed by atoms with van der Waals surface area (Å²) in [5.41, 5.74) is 3.45. The summed E-state index contributed by atoms with van der Waals surface area (Å²) in [6.45, 7) is 0.470. The molecular formula is C20H14N2O3S2. The first kappa shape index (κ1) is 16.4. The number of nitrogens with one attached hydrogen (secondary N) is 2. The van der Waals surface area contributed by atoms with Crippen LogP contribution in [0.15, 0.2) is 53.4 Å². The molecule has 2 aromatic carbocycles. The number of rotatable bonds is 2. The molecule has 0 unspecified atom stereocenters. The van der Waals surface area contributed by atoms with Crippen molar-refractivity contribution in [2.75, 3.05) is 16.4 Å². The summed E-state index contributed by atoms with van der Waals surface area (Å²) in [7, 11) is 0. The molecule has 7 heteroatoms. The molecule has 0 saturated carbocycles. The molecule has 3 heterocycles. The van der Waals surface area contributed by atoms with E-state index < -0.39 is 0 Å². The minimum absolute atomic E-state index is 0.0272. The highest BCUT2D eigenvalue weighted by atomic mass is 32.2. The van der Waals surface area contributed by atoms with Crippen molar-refractivity contribution in [3.05, 3.63) is 59.0 Å². The van der Waals surface area contributed by atoms with Crippen LogP contribution in [-0.2, 0) is 11.4 Å². The molecule has 5 nitrogen and oxygen atoms in total. The Morgan fingerprint density at radius 2 is 2.04 bits per heavy atom. The van der Waals surface area contributed by atoms with E-state index in [9.17, 15) is 9.59 Å². The van der Waals surface area contributed by atoms with Gasteiger partial charge in [0.1, 0.15) is 12.4 Å². The maximum Gasteiger partial charge on any atom is 0.265 e. The van der Waals surface area contributed by atoms with Gasteiger partial charge >= 0.3 is 0 Å². The normalized spacial score (nSPS) is 14.3. The van der Waals surface area contributed by atoms with E-state index >= 15 is 0 Å². The number of thioether (sulfide) groups is 1. The predicted molar refractivity (Wildman–Crippen MR) is 108 cm³/mol. The van der Waals surface area contributed by atoms with Crippen molar-refractivity contribution < 1.29 is 14.3 Å². The number of fused-ring (bicyclic) bond motifs is 4. The van der Waals surface area contributed by atoms with Crippen LogP contribution in [0.2, 0.25) is 0 Å². The molecular weight excluding hydrogens is 380 g/mol. The fourth-order valence-electron chi connectivity index (χ4n) is 3.16. The van der Waals surface area contributed by atoms with Gasteiger partial charge in [0.2, 0.25) is 5.91 Å². The Kier molecular flexibility index (Phi) is 3.91. The van der Waals surface area contributed by atoms with Crippen molar-refractivity contribution in [1.29, 1.82) is 0 Å². The first-order chi connectivity index (χ1) is 13.2. The number of anilines is 2. The van der Waals surface area contributed by atoms with E-state index in [0.29, 0.717) is 22.9 Å². The highest BCUT2D eigenvalue weighted by Gasteiger charge is 2.23. The fourth-order valence-corrected chi connectivity index (χ4v) is 5.05. The third-order valence-corrected chi connectivity index (χ3v) is 6.70. The average Bonchev–Trinajstić information content (AvgIpc) is 3.13. The van der Waals surface area contributed by atoms with Crippen LogP contribution in [-0.4, -0.2) is 17.6 Å². The van der Waals surface area contributed by atoms with Gasteiger partial charge in [0.25, 0.3) is 5.91 Å². The molecule has 27 heavy (non-hydrogen) atoms. The predicted octanol–water partition coefficient (Wildman–Crippen LogP) is 4.60. The maximum atomic E-state index is 12.7. The lowest BCUT2D eigenvalue weighted by molar-refractivity contribution is -0.113. The third kappa shape index (κ3) is 2.98. The summed E-state index contributed by atoms with van der Waals surface area (Å²) >= 11 is 2.96. The number of carbonyl (C=O) groups excluding carboxylic acids is 2. The van der Waals surface area contributed by atoms with E-state index in [1.807, 2.05) is 42.5 Å². The van der Waals surface area contributed by atoms with Crippen molar-refractivity contribution in [3.63, 3.8) is 0 Å². The zero-order chi connectivity index (χ0) is 18.4. The van der Waals surface area contributed by atoms with Gasteiger partial charge in [-0.25, -0.2) is 0 Å². The molecule has 0 radical (unpaired) electrons. The van der Waals surface area contributed by atoms with Gasteiger partial charge in [0, 0.05) is 26.6 Å². The summed E-state index contributed by atoms with van der Waals surface area (Å²) in [6.07, 6.45) is 0. The van der Waals surface area contributed by atoms with Gasteiger partial charge < -0.3 is 15.4 Å². The van der Waals surface area contributed by atoms with Gasteiger partial charge in [-0.1, -0.05) is 12.1 Å². The first-order valence-electron chi connectivity index (χ1n) is 8.40. The fraction of sp³-hybridized carbons (Fsp3) is 0.100. The van der Waals surface area contributed by atoms with E-state index in [4.69, 9.17) is 4.74 Å². The van der Waals surface area contributed by atoms with Crippen molar-refractivity contribution in [1.82, 2.24) is 0 Å². The number of hydrogen-bond donors (Lipinski definition) is 2. The van der Waals surface area contributed by atoms with Crippen molar-refractivity contribution in [2.24, 2.45) is 0 Å². The molecule has 3 aromatic rings. The molecule has 5 rings (SSSR count). The zero-order valence-electron chi connectivity index (χ0n) is 14.1. The Hall–Kier alpha value is -2.77. The summed E-state index contributed by atoms with van der Waals surface area (Å²) < 4.78 is 5.77. The smallest absolute Gasteiger partial charge is 0.265 e. The maximum absolute atomic E-state index is 12.7. The van der Waals surface area contributed by atoms with Crippen LogP contribution >= 0.6 is 23.1 Å². The molecule has 0 fully saturated rings. The summed E-state index contributed by atoms with van der Waals surface area (Å²) in [5.74, 6) is 1.08. The number of para-hydroxylation sites is 1. The second kappa shape index (κ2) is 6.44. The van der Waals surface area contributed by atoms with Crippen LogP contribution in [0.3, 0.4) is 0 Å². The van der Waals surface area contributed by atoms with Crippen molar-refractivity contribution in [2.45, 2.75) is 11.5 Å². The number of hydrogen-bond acceptors (Lipinski definition) is 5. The van der Waals surface area contributed by atoms with Crippen LogP contribution in [0.5, 0.6) is 5.75 Å². The van der Waals surface area contributed by atoms with Gasteiger partial charge in [0.05, 0.1) is 16.3 Å². The Morgan fingerprint density at radius 1 is 1.15 bits per heavy atom. The number of thiophene rings is 1. The number of benzene rings is 2. The van der Waals surface area contributed by atoms with Crippen LogP contribution in [0.25, 0.3) is 10.4 Å². The van der Waals surface area contributed by atoms with Crippen LogP contribution in [0.4, 0.5) is 11.4 Å². The molecule has 2 aliphatic heterocycles. The van der Waals surface area contributed by atoms with Crippen molar-refractivity contribution in [3.8, 4) is 16.2 Å². The Balaban J connectivity index is 1.41. The molecule has 2 amide bonds. The summed E-state index contributed by atoms with van der Waals surface area (Å²) in [6, 6.07) is 15.3. The number of amides is 2. The van der Waals surface area contributed by atoms with E-state index in [1.165, 1.54) is 23.1 Å². The van der Waals surface area contributed by atoms with Crippen LogP contribution in [0.1, 0.15) is 15.2 Å². The van der Waals surface area contributed by atoms with E-state index in [1.54, 1.807) is 6.07 Å². The van der Waals surface area contributed by atoms with Crippen LogP contribution < -0.4 is 15.4 Å². The number of carbonyl (C=O) groups is 2. The van der Waals surface area contributed by atoms with Gasteiger partial charge in [0.15, 0.2) is 0 Å².